The molecule has 0 amide bonds. The van der Waals surface area contributed by atoms with Gasteiger partial charge in [0.1, 0.15) is 0 Å². The Morgan fingerprint density at radius 3 is 1.77 bits per heavy atom. The predicted octanol–water partition coefficient (Wildman–Crippen LogP) is 0.114. The lowest BCUT2D eigenvalue weighted by Gasteiger charge is -2.32. The quantitative estimate of drug-likeness (QED) is 0.532. The van der Waals surface area contributed by atoms with Gasteiger partial charge in [0.05, 0.1) is 11.2 Å². The van der Waals surface area contributed by atoms with Crippen LogP contribution in [0.4, 0.5) is 0 Å². The summed E-state index contributed by atoms with van der Waals surface area (Å²) in [5.74, 6) is 0. The van der Waals surface area contributed by atoms with Crippen LogP contribution < -0.4 is 26.7 Å². The number of rotatable bonds is 3. The Labute approximate surface area is 143 Å². The Kier molecular flexibility index (Phi) is 4.36. The van der Waals surface area contributed by atoms with Gasteiger partial charge in [-0.3, -0.25) is 0 Å². The highest BCUT2D eigenvalue weighted by molar-refractivity contribution is 6.62. The summed E-state index contributed by atoms with van der Waals surface area (Å²) in [6.45, 7) is 8.34. The maximum Gasteiger partial charge on any atom is 0.494 e. The van der Waals surface area contributed by atoms with Gasteiger partial charge in [0.15, 0.2) is 7.14 Å². The van der Waals surface area contributed by atoms with Crippen molar-refractivity contribution in [3.05, 3.63) is 61.7 Å². The van der Waals surface area contributed by atoms with Gasteiger partial charge in [-0.25, -0.2) is 0 Å². The molecule has 0 atom stereocenters. The fourth-order valence-corrected chi connectivity index (χ4v) is 4.48. The number of benzene rings is 2. The predicted molar refractivity (Wildman–Crippen MR) is 86.0 cm³/mol. The molecule has 0 saturated carbocycles. The highest BCUT2D eigenvalue weighted by atomic mass is 127. The van der Waals surface area contributed by atoms with Crippen molar-refractivity contribution in [1.82, 2.24) is 0 Å². The van der Waals surface area contributed by atoms with E-state index in [2.05, 4.69) is 82.3 Å². The van der Waals surface area contributed by atoms with Crippen LogP contribution in [0.1, 0.15) is 27.7 Å². The van der Waals surface area contributed by atoms with E-state index in [-0.39, 0.29) is 39.5 Å². The Hall–Kier alpha value is -0.845. The molecule has 0 unspecified atom stereocenters. The Morgan fingerprint density at radius 1 is 0.727 bits per heavy atom. The summed E-state index contributed by atoms with van der Waals surface area (Å²) in [6.07, 6.45) is 0. The lowest BCUT2D eigenvalue weighted by atomic mass is 9.79. The molecule has 3 rings (SSSR count). The van der Waals surface area contributed by atoms with Crippen LogP contribution >= 0.6 is 0 Å². The minimum atomic E-state index is -0.284. The normalized spacial score (nSPS) is 19.4. The minimum absolute atomic E-state index is 0.118. The highest BCUT2D eigenvalue weighted by Crippen LogP contribution is 2.36. The Balaban J connectivity index is 1.73. The average molecular weight is 407 g/mol. The van der Waals surface area contributed by atoms with Crippen LogP contribution in [0.3, 0.4) is 0 Å². The van der Waals surface area contributed by atoms with Crippen molar-refractivity contribution in [3.8, 4) is 0 Å². The van der Waals surface area contributed by atoms with Crippen LogP contribution in [0.15, 0.2) is 54.6 Å². The molecule has 2 nitrogen and oxygen atoms in total. The van der Waals surface area contributed by atoms with Crippen molar-refractivity contribution < 1.29 is 30.5 Å². The van der Waals surface area contributed by atoms with Gasteiger partial charge in [0.2, 0.25) is 0 Å². The molecule has 4 heteroatoms. The van der Waals surface area contributed by atoms with Crippen LogP contribution in [0.25, 0.3) is 0 Å². The van der Waals surface area contributed by atoms with E-state index in [9.17, 15) is 0 Å². The number of halogens is 1. The van der Waals surface area contributed by atoms with Gasteiger partial charge in [-0.1, -0.05) is 30.3 Å². The third-order valence-electron chi connectivity index (χ3n) is 4.35. The maximum atomic E-state index is 6.10. The third-order valence-corrected chi connectivity index (χ3v) is 7.03. The summed E-state index contributed by atoms with van der Waals surface area (Å²) in [6, 6.07) is 19.4. The second kappa shape index (κ2) is 5.98. The molecule has 0 radical (unpaired) electrons. The largest absolute Gasteiger partial charge is 0.494 e. The highest BCUT2D eigenvalue weighted by Gasteiger charge is 2.51. The SMILES string of the molecule is CC1(C)OB(c2ccc([I+]c3ccccc3)cc2)OC1(C)C. The zero-order valence-corrected chi connectivity index (χ0v) is 15.6. The maximum absolute atomic E-state index is 6.10. The monoisotopic (exact) mass is 407 g/mol. The van der Waals surface area contributed by atoms with Crippen molar-refractivity contribution >= 4 is 12.6 Å². The van der Waals surface area contributed by atoms with Crippen LogP contribution in [0.5, 0.6) is 0 Å². The summed E-state index contributed by atoms with van der Waals surface area (Å²) in [4.78, 5) is 0. The second-order valence-electron chi connectivity index (χ2n) is 6.53. The van der Waals surface area contributed by atoms with Crippen LogP contribution in [-0.2, 0) is 9.31 Å². The van der Waals surface area contributed by atoms with E-state index in [1.165, 1.54) is 7.14 Å². The molecule has 0 bridgehead atoms. The fraction of sp³-hybridized carbons (Fsp3) is 0.333. The van der Waals surface area contributed by atoms with Crippen molar-refractivity contribution in [2.75, 3.05) is 0 Å². The lowest BCUT2D eigenvalue weighted by molar-refractivity contribution is -0.597. The molecule has 2 aromatic carbocycles. The summed E-state index contributed by atoms with van der Waals surface area (Å²) < 4.78 is 15.0. The molecule has 1 heterocycles. The first-order valence-electron chi connectivity index (χ1n) is 7.53. The molecule has 0 aromatic heterocycles. The first kappa shape index (κ1) is 16.0. The summed E-state index contributed by atoms with van der Waals surface area (Å²) in [7, 11) is -0.269. The zero-order valence-electron chi connectivity index (χ0n) is 13.5. The average Bonchev–Trinajstić information content (AvgIpc) is 2.69. The molecule has 0 aliphatic carbocycles. The Morgan fingerprint density at radius 2 is 1.23 bits per heavy atom. The zero-order chi connectivity index (χ0) is 15.8. The van der Waals surface area contributed by atoms with Gasteiger partial charge in [-0.05, 0) is 57.4 Å². The Bertz CT molecular complexity index is 622. The minimum Gasteiger partial charge on any atom is -0.399 e. The van der Waals surface area contributed by atoms with Crippen LogP contribution in [0, 0.1) is 7.14 Å². The first-order chi connectivity index (χ1) is 10.4. The standard InChI is InChI=1S/C18H21BIO2/c1-17(2)18(3,4)22-19(21-17)14-10-12-16(13-11-14)20-15-8-6-5-7-9-15/h5-13H,1-4H3/q+1. The van der Waals surface area contributed by atoms with Gasteiger partial charge in [-0.2, -0.15) is 0 Å². The molecule has 2 aromatic rings. The summed E-state index contributed by atoms with van der Waals surface area (Å²) in [5, 5.41) is 0. The summed E-state index contributed by atoms with van der Waals surface area (Å²) >= 11 is -0.118. The first-order valence-corrected chi connectivity index (χ1v) is 9.69. The van der Waals surface area contributed by atoms with E-state index < -0.39 is 0 Å². The molecule has 114 valence electrons. The lowest BCUT2D eigenvalue weighted by Crippen LogP contribution is -3.61. The van der Waals surface area contributed by atoms with Crippen LogP contribution in [-0.4, -0.2) is 18.3 Å². The molecule has 1 aliphatic heterocycles. The molecule has 1 aliphatic rings. The van der Waals surface area contributed by atoms with E-state index in [0.29, 0.717) is 0 Å². The van der Waals surface area contributed by atoms with Gasteiger partial charge < -0.3 is 9.31 Å². The third kappa shape index (κ3) is 3.24. The number of hydrogen-bond donors (Lipinski definition) is 0. The van der Waals surface area contributed by atoms with E-state index >= 15 is 0 Å². The fourth-order valence-electron chi connectivity index (χ4n) is 2.27. The van der Waals surface area contributed by atoms with E-state index in [1.807, 2.05) is 0 Å². The van der Waals surface area contributed by atoms with Crippen molar-refractivity contribution in [3.63, 3.8) is 0 Å². The van der Waals surface area contributed by atoms with Crippen molar-refractivity contribution in [1.29, 1.82) is 0 Å². The molecule has 22 heavy (non-hydrogen) atoms. The molecule has 1 fully saturated rings. The van der Waals surface area contributed by atoms with E-state index in [1.54, 1.807) is 0 Å². The van der Waals surface area contributed by atoms with Gasteiger partial charge in [0, 0.05) is 0 Å². The number of hydrogen-bond acceptors (Lipinski definition) is 2. The molecule has 0 spiro atoms. The van der Waals surface area contributed by atoms with Crippen LogP contribution in [0.2, 0.25) is 0 Å². The van der Waals surface area contributed by atoms with Gasteiger partial charge in [0.25, 0.3) is 0 Å². The van der Waals surface area contributed by atoms with Gasteiger partial charge >= 0.3 is 28.3 Å². The van der Waals surface area contributed by atoms with Crippen molar-refractivity contribution in [2.45, 2.75) is 38.9 Å². The molecule has 1 saturated heterocycles. The second-order valence-corrected chi connectivity index (χ2v) is 9.56. The smallest absolute Gasteiger partial charge is 0.399 e. The summed E-state index contributed by atoms with van der Waals surface area (Å²) in [5.41, 5.74) is 0.528. The van der Waals surface area contributed by atoms with E-state index in [4.69, 9.17) is 9.31 Å². The van der Waals surface area contributed by atoms with Crippen molar-refractivity contribution in [2.24, 2.45) is 0 Å². The molecule has 0 N–H and O–H groups in total. The molecular formula is C18H21BIO2+. The van der Waals surface area contributed by atoms with Gasteiger partial charge in [-0.15, -0.1) is 0 Å². The topological polar surface area (TPSA) is 18.5 Å². The van der Waals surface area contributed by atoms with E-state index in [0.717, 1.165) is 5.46 Å². The molecular weight excluding hydrogens is 386 g/mol.